The van der Waals surface area contributed by atoms with E-state index in [1.54, 1.807) is 4.90 Å². The number of rotatable bonds is 3. The zero-order valence-corrected chi connectivity index (χ0v) is 13.7. The maximum atomic E-state index is 12.7. The van der Waals surface area contributed by atoms with Crippen molar-refractivity contribution in [2.24, 2.45) is 5.92 Å². The number of carboxylic acid groups (broad SMARTS) is 1. The minimum Gasteiger partial charge on any atom is -0.476 e. The van der Waals surface area contributed by atoms with Crippen LogP contribution in [0.15, 0.2) is 12.4 Å². The van der Waals surface area contributed by atoms with E-state index in [9.17, 15) is 14.4 Å². The Labute approximate surface area is 139 Å². The molecule has 1 aromatic rings. The van der Waals surface area contributed by atoms with Gasteiger partial charge in [0.05, 0.1) is 17.9 Å². The molecule has 0 unspecified atom stereocenters. The summed E-state index contributed by atoms with van der Waals surface area (Å²) in [5.41, 5.74) is -0.617. The molecule has 1 saturated carbocycles. The standard InChI is InChI=1S/C16H20N4O4/c1-16(2)9-19(13(21)10-3-4-10)5-6-20(16)14(22)11-7-18-12(8-17-11)15(23)24/h7-8,10H,3-6,9H2,1-2H3,(H,23,24). The van der Waals surface area contributed by atoms with Gasteiger partial charge in [-0.15, -0.1) is 0 Å². The summed E-state index contributed by atoms with van der Waals surface area (Å²) in [6.45, 7) is 5.24. The number of carbonyl (C=O) groups excluding carboxylic acids is 2. The number of carboxylic acids is 1. The van der Waals surface area contributed by atoms with Crippen LogP contribution in [0.25, 0.3) is 0 Å². The number of piperazine rings is 1. The van der Waals surface area contributed by atoms with E-state index in [4.69, 9.17) is 5.11 Å². The molecule has 1 aliphatic carbocycles. The van der Waals surface area contributed by atoms with E-state index < -0.39 is 11.5 Å². The predicted octanol–water partition coefficient (Wildman–Crippen LogP) is 0.648. The van der Waals surface area contributed by atoms with Crippen molar-refractivity contribution in [1.82, 2.24) is 19.8 Å². The van der Waals surface area contributed by atoms with Gasteiger partial charge in [-0.1, -0.05) is 0 Å². The second-order valence-electron chi connectivity index (χ2n) is 6.90. The average molecular weight is 332 g/mol. The van der Waals surface area contributed by atoms with Crippen LogP contribution in [-0.4, -0.2) is 67.8 Å². The predicted molar refractivity (Wildman–Crippen MR) is 83.4 cm³/mol. The van der Waals surface area contributed by atoms with Crippen molar-refractivity contribution < 1.29 is 19.5 Å². The first-order valence-electron chi connectivity index (χ1n) is 7.96. The Balaban J connectivity index is 1.73. The number of hydrogen-bond acceptors (Lipinski definition) is 5. The lowest BCUT2D eigenvalue weighted by atomic mass is 9.97. The molecule has 0 bridgehead atoms. The van der Waals surface area contributed by atoms with Gasteiger partial charge in [-0.05, 0) is 26.7 Å². The zero-order valence-electron chi connectivity index (χ0n) is 13.7. The lowest BCUT2D eigenvalue weighted by Crippen LogP contribution is -2.62. The molecule has 1 saturated heterocycles. The fourth-order valence-electron chi connectivity index (χ4n) is 3.00. The third kappa shape index (κ3) is 3.08. The average Bonchev–Trinajstić information content (AvgIpc) is 3.37. The first-order chi connectivity index (χ1) is 11.3. The van der Waals surface area contributed by atoms with Crippen LogP contribution in [0.5, 0.6) is 0 Å². The van der Waals surface area contributed by atoms with Gasteiger partial charge in [0, 0.05) is 25.6 Å². The monoisotopic (exact) mass is 332 g/mol. The summed E-state index contributed by atoms with van der Waals surface area (Å²) in [6.07, 6.45) is 4.19. The molecule has 0 aromatic carbocycles. The van der Waals surface area contributed by atoms with Crippen LogP contribution >= 0.6 is 0 Å². The minimum atomic E-state index is -1.19. The Morgan fingerprint density at radius 1 is 1.12 bits per heavy atom. The molecule has 2 heterocycles. The van der Waals surface area contributed by atoms with E-state index in [0.29, 0.717) is 19.6 Å². The highest BCUT2D eigenvalue weighted by atomic mass is 16.4. The Morgan fingerprint density at radius 2 is 1.75 bits per heavy atom. The molecule has 2 fully saturated rings. The Bertz CT molecular complexity index is 682. The Kier molecular flexibility index (Phi) is 3.98. The van der Waals surface area contributed by atoms with Gasteiger partial charge in [0.2, 0.25) is 5.91 Å². The molecule has 1 aliphatic heterocycles. The molecular weight excluding hydrogens is 312 g/mol. The summed E-state index contributed by atoms with van der Waals surface area (Å²) in [5, 5.41) is 8.84. The van der Waals surface area contributed by atoms with E-state index in [1.807, 2.05) is 18.7 Å². The third-order valence-electron chi connectivity index (χ3n) is 4.48. The number of nitrogens with zero attached hydrogens (tertiary/aromatic N) is 4. The highest BCUT2D eigenvalue weighted by Gasteiger charge is 2.42. The number of hydrogen-bond donors (Lipinski definition) is 1. The van der Waals surface area contributed by atoms with E-state index in [1.165, 1.54) is 6.20 Å². The second-order valence-corrected chi connectivity index (χ2v) is 6.90. The summed E-state index contributed by atoms with van der Waals surface area (Å²) in [6, 6.07) is 0. The molecule has 24 heavy (non-hydrogen) atoms. The van der Waals surface area contributed by atoms with Gasteiger partial charge in [0.1, 0.15) is 5.69 Å². The van der Waals surface area contributed by atoms with Crippen molar-refractivity contribution in [3.8, 4) is 0 Å². The van der Waals surface area contributed by atoms with Crippen LogP contribution in [0.4, 0.5) is 0 Å². The topological polar surface area (TPSA) is 104 Å². The Morgan fingerprint density at radius 3 is 2.25 bits per heavy atom. The molecule has 8 nitrogen and oxygen atoms in total. The number of aromatic nitrogens is 2. The van der Waals surface area contributed by atoms with E-state index in [-0.39, 0.29) is 29.1 Å². The maximum Gasteiger partial charge on any atom is 0.356 e. The molecule has 128 valence electrons. The van der Waals surface area contributed by atoms with Gasteiger partial charge in [-0.2, -0.15) is 0 Å². The molecule has 2 amide bonds. The fourth-order valence-corrected chi connectivity index (χ4v) is 3.00. The highest BCUT2D eigenvalue weighted by Crippen LogP contribution is 2.33. The smallest absolute Gasteiger partial charge is 0.356 e. The van der Waals surface area contributed by atoms with Crippen molar-refractivity contribution in [2.75, 3.05) is 19.6 Å². The van der Waals surface area contributed by atoms with Crippen molar-refractivity contribution in [3.63, 3.8) is 0 Å². The normalized spacial score (nSPS) is 19.9. The van der Waals surface area contributed by atoms with Crippen LogP contribution in [0.3, 0.4) is 0 Å². The molecular formula is C16H20N4O4. The summed E-state index contributed by atoms with van der Waals surface area (Å²) in [7, 11) is 0. The van der Waals surface area contributed by atoms with Crippen molar-refractivity contribution >= 4 is 17.8 Å². The van der Waals surface area contributed by atoms with Crippen molar-refractivity contribution in [2.45, 2.75) is 32.2 Å². The summed E-state index contributed by atoms with van der Waals surface area (Å²) >= 11 is 0. The summed E-state index contributed by atoms with van der Waals surface area (Å²) < 4.78 is 0. The van der Waals surface area contributed by atoms with Crippen molar-refractivity contribution in [1.29, 1.82) is 0 Å². The molecule has 0 atom stereocenters. The lowest BCUT2D eigenvalue weighted by Gasteiger charge is -2.47. The molecule has 0 radical (unpaired) electrons. The van der Waals surface area contributed by atoms with Crippen LogP contribution < -0.4 is 0 Å². The first kappa shape index (κ1) is 16.4. The summed E-state index contributed by atoms with van der Waals surface area (Å²) in [4.78, 5) is 46.9. The van der Waals surface area contributed by atoms with Gasteiger partial charge < -0.3 is 14.9 Å². The van der Waals surface area contributed by atoms with Crippen LogP contribution in [0.2, 0.25) is 0 Å². The quantitative estimate of drug-likeness (QED) is 0.871. The van der Waals surface area contributed by atoms with Crippen LogP contribution in [-0.2, 0) is 4.79 Å². The zero-order chi connectivity index (χ0) is 17.5. The van der Waals surface area contributed by atoms with Gasteiger partial charge in [0.15, 0.2) is 5.69 Å². The summed E-state index contributed by atoms with van der Waals surface area (Å²) in [5.74, 6) is -1.14. The number of carbonyl (C=O) groups is 3. The van der Waals surface area contributed by atoms with Gasteiger partial charge in [-0.25, -0.2) is 14.8 Å². The van der Waals surface area contributed by atoms with E-state index in [0.717, 1.165) is 19.0 Å². The molecule has 1 aromatic heterocycles. The lowest BCUT2D eigenvalue weighted by molar-refractivity contribution is -0.136. The fraction of sp³-hybridized carbons (Fsp3) is 0.562. The van der Waals surface area contributed by atoms with Crippen LogP contribution in [0.1, 0.15) is 47.7 Å². The number of aromatic carboxylic acids is 1. The van der Waals surface area contributed by atoms with Crippen LogP contribution in [0, 0.1) is 5.92 Å². The molecule has 1 N–H and O–H groups in total. The van der Waals surface area contributed by atoms with Gasteiger partial charge in [0.25, 0.3) is 5.91 Å². The largest absolute Gasteiger partial charge is 0.476 e. The SMILES string of the molecule is CC1(C)CN(C(=O)C2CC2)CCN1C(=O)c1cnc(C(=O)O)cn1. The molecule has 0 spiro atoms. The molecule has 2 aliphatic rings. The van der Waals surface area contributed by atoms with Gasteiger partial charge >= 0.3 is 5.97 Å². The molecule has 3 rings (SSSR count). The molecule has 8 heteroatoms. The van der Waals surface area contributed by atoms with Crippen molar-refractivity contribution in [3.05, 3.63) is 23.8 Å². The number of amides is 2. The maximum absolute atomic E-state index is 12.7. The third-order valence-corrected chi connectivity index (χ3v) is 4.48. The minimum absolute atomic E-state index is 0.107. The second kappa shape index (κ2) is 5.85. The van der Waals surface area contributed by atoms with Gasteiger partial charge in [-0.3, -0.25) is 9.59 Å². The van der Waals surface area contributed by atoms with E-state index >= 15 is 0 Å². The first-order valence-corrected chi connectivity index (χ1v) is 7.96. The van der Waals surface area contributed by atoms with E-state index in [2.05, 4.69) is 9.97 Å². The Hall–Kier alpha value is -2.51. The highest BCUT2D eigenvalue weighted by molar-refractivity contribution is 5.93.